The van der Waals surface area contributed by atoms with Crippen LogP contribution in [0.3, 0.4) is 0 Å². The third-order valence-electron chi connectivity index (χ3n) is 2.88. The number of nitrogens with zero attached hydrogens (tertiary/aromatic N) is 1. The van der Waals surface area contributed by atoms with Gasteiger partial charge in [-0.3, -0.25) is 15.1 Å². The molecule has 0 bridgehead atoms. The Labute approximate surface area is 112 Å². The van der Waals surface area contributed by atoms with E-state index in [9.17, 15) is 4.79 Å². The summed E-state index contributed by atoms with van der Waals surface area (Å²) in [6, 6.07) is 3.96. The number of nitrogens with one attached hydrogen (secondary N) is 1. The van der Waals surface area contributed by atoms with Gasteiger partial charge in [0.15, 0.2) is 5.76 Å². The number of nitrogens with two attached hydrogens (primary N) is 1. The number of nitrogen functional groups attached to an aromatic ring is 1. The minimum atomic E-state index is -0.403. The molecule has 3 N–H and O–H groups in total. The number of carbonyl (C=O) groups is 1. The molecule has 0 radical (unpaired) electrons. The predicted octanol–water partition coefficient (Wildman–Crippen LogP) is 1.46. The first-order valence-corrected chi connectivity index (χ1v) is 7.30. The standard InChI is InChI=1S/C12H21N3O2S/c1-4-9(8-18-3)15(2)7-10-5-6-11(17-10)12(16)14-13/h5-6,9H,4,7-8,13H2,1-3H3,(H,14,16). The lowest BCUT2D eigenvalue weighted by molar-refractivity contribution is 0.0921. The maximum absolute atomic E-state index is 11.3. The minimum absolute atomic E-state index is 0.249. The van der Waals surface area contributed by atoms with Crippen molar-refractivity contribution in [1.29, 1.82) is 0 Å². The first-order valence-electron chi connectivity index (χ1n) is 5.91. The molecule has 0 fully saturated rings. The number of furan rings is 1. The van der Waals surface area contributed by atoms with Crippen LogP contribution in [0.1, 0.15) is 29.7 Å². The van der Waals surface area contributed by atoms with Gasteiger partial charge in [0.1, 0.15) is 5.76 Å². The van der Waals surface area contributed by atoms with Crippen LogP contribution in [-0.4, -0.2) is 35.9 Å². The molecule has 102 valence electrons. The molecule has 0 aliphatic carbocycles. The molecule has 1 atom stereocenters. The van der Waals surface area contributed by atoms with Crippen LogP contribution in [0.15, 0.2) is 16.5 Å². The van der Waals surface area contributed by atoms with E-state index in [1.54, 1.807) is 6.07 Å². The fraction of sp³-hybridized carbons (Fsp3) is 0.583. The summed E-state index contributed by atoms with van der Waals surface area (Å²) >= 11 is 1.83. The van der Waals surface area contributed by atoms with E-state index in [0.717, 1.165) is 17.9 Å². The lowest BCUT2D eigenvalue weighted by Gasteiger charge is -2.25. The van der Waals surface area contributed by atoms with Crippen LogP contribution in [0.5, 0.6) is 0 Å². The molecule has 5 nitrogen and oxygen atoms in total. The monoisotopic (exact) mass is 271 g/mol. The second-order valence-electron chi connectivity index (χ2n) is 4.17. The summed E-state index contributed by atoms with van der Waals surface area (Å²) in [5, 5.41) is 0. The van der Waals surface area contributed by atoms with Crippen molar-refractivity contribution in [3.8, 4) is 0 Å². The molecule has 1 unspecified atom stereocenters. The minimum Gasteiger partial charge on any atom is -0.455 e. The number of carbonyl (C=O) groups excluding carboxylic acids is 1. The Balaban J connectivity index is 2.61. The van der Waals surface area contributed by atoms with Crippen molar-refractivity contribution in [2.45, 2.75) is 25.9 Å². The molecule has 1 heterocycles. The van der Waals surface area contributed by atoms with Crippen LogP contribution < -0.4 is 11.3 Å². The largest absolute Gasteiger partial charge is 0.455 e. The van der Waals surface area contributed by atoms with Crippen molar-refractivity contribution >= 4 is 17.7 Å². The molecule has 0 aliphatic heterocycles. The molecule has 1 rings (SSSR count). The highest BCUT2D eigenvalue weighted by molar-refractivity contribution is 7.98. The van der Waals surface area contributed by atoms with E-state index >= 15 is 0 Å². The van der Waals surface area contributed by atoms with Crippen molar-refractivity contribution in [1.82, 2.24) is 10.3 Å². The van der Waals surface area contributed by atoms with Gasteiger partial charge in [0, 0.05) is 11.8 Å². The lowest BCUT2D eigenvalue weighted by atomic mass is 10.2. The Morgan fingerprint density at radius 3 is 2.89 bits per heavy atom. The fourth-order valence-corrected chi connectivity index (χ4v) is 2.66. The van der Waals surface area contributed by atoms with E-state index in [0.29, 0.717) is 12.6 Å². The number of rotatable bonds is 7. The van der Waals surface area contributed by atoms with Crippen LogP contribution >= 0.6 is 11.8 Å². The highest BCUT2D eigenvalue weighted by Gasteiger charge is 2.15. The lowest BCUT2D eigenvalue weighted by Crippen LogP contribution is -2.32. The van der Waals surface area contributed by atoms with E-state index in [1.807, 2.05) is 17.8 Å². The summed E-state index contributed by atoms with van der Waals surface area (Å²) in [6.07, 6.45) is 3.20. The summed E-state index contributed by atoms with van der Waals surface area (Å²) < 4.78 is 5.44. The third kappa shape index (κ3) is 4.04. The highest BCUT2D eigenvalue weighted by Crippen LogP contribution is 2.14. The zero-order valence-corrected chi connectivity index (χ0v) is 11.9. The quantitative estimate of drug-likeness (QED) is 0.446. The van der Waals surface area contributed by atoms with Gasteiger partial charge in [-0.25, -0.2) is 5.84 Å². The Bertz CT molecular complexity index is 381. The molecule has 1 aromatic rings. The van der Waals surface area contributed by atoms with Gasteiger partial charge >= 0.3 is 5.91 Å². The molecule has 0 saturated heterocycles. The molecular weight excluding hydrogens is 250 g/mol. The Morgan fingerprint density at radius 2 is 2.33 bits per heavy atom. The van der Waals surface area contributed by atoms with E-state index < -0.39 is 5.91 Å². The molecule has 0 saturated carbocycles. The Kier molecular flexibility index (Phi) is 6.24. The number of thioether (sulfide) groups is 1. The topological polar surface area (TPSA) is 71.5 Å². The van der Waals surface area contributed by atoms with Crippen LogP contribution in [0, 0.1) is 0 Å². The van der Waals surface area contributed by atoms with Gasteiger partial charge in [-0.05, 0) is 31.9 Å². The summed E-state index contributed by atoms with van der Waals surface area (Å²) in [7, 11) is 2.07. The van der Waals surface area contributed by atoms with E-state index in [-0.39, 0.29) is 5.76 Å². The molecule has 0 aliphatic rings. The van der Waals surface area contributed by atoms with E-state index in [2.05, 4.69) is 30.6 Å². The number of amides is 1. The van der Waals surface area contributed by atoms with Crippen molar-refractivity contribution < 1.29 is 9.21 Å². The number of hydrogen-bond acceptors (Lipinski definition) is 5. The molecule has 1 amide bonds. The Hall–Kier alpha value is -0.980. The Morgan fingerprint density at radius 1 is 1.61 bits per heavy atom. The summed E-state index contributed by atoms with van der Waals surface area (Å²) in [4.78, 5) is 13.5. The maximum atomic E-state index is 11.3. The van der Waals surface area contributed by atoms with Gasteiger partial charge in [0.2, 0.25) is 0 Å². The first kappa shape index (κ1) is 15.1. The maximum Gasteiger partial charge on any atom is 0.300 e. The normalized spacial score (nSPS) is 12.7. The highest BCUT2D eigenvalue weighted by atomic mass is 32.2. The van der Waals surface area contributed by atoms with Gasteiger partial charge in [-0.1, -0.05) is 6.92 Å². The van der Waals surface area contributed by atoms with Crippen LogP contribution in [0.2, 0.25) is 0 Å². The SMILES string of the molecule is CCC(CSC)N(C)Cc1ccc(C(=O)NN)o1. The number of hydrazine groups is 1. The summed E-state index contributed by atoms with van der Waals surface area (Å²) in [5.74, 6) is 6.76. The van der Waals surface area contributed by atoms with Crippen molar-refractivity contribution in [2.75, 3.05) is 19.1 Å². The average molecular weight is 271 g/mol. The third-order valence-corrected chi connectivity index (χ3v) is 3.59. The van der Waals surface area contributed by atoms with Gasteiger partial charge in [0.25, 0.3) is 0 Å². The van der Waals surface area contributed by atoms with Crippen molar-refractivity contribution in [3.05, 3.63) is 23.7 Å². The molecule has 18 heavy (non-hydrogen) atoms. The van der Waals surface area contributed by atoms with E-state index in [1.165, 1.54) is 0 Å². The van der Waals surface area contributed by atoms with Crippen LogP contribution in [0.25, 0.3) is 0 Å². The zero-order chi connectivity index (χ0) is 13.5. The number of hydrogen-bond donors (Lipinski definition) is 2. The smallest absolute Gasteiger partial charge is 0.300 e. The molecule has 6 heteroatoms. The van der Waals surface area contributed by atoms with Crippen molar-refractivity contribution in [3.63, 3.8) is 0 Å². The zero-order valence-electron chi connectivity index (χ0n) is 11.1. The second-order valence-corrected chi connectivity index (χ2v) is 5.08. The fourth-order valence-electron chi connectivity index (χ4n) is 1.78. The summed E-state index contributed by atoms with van der Waals surface area (Å²) in [5.41, 5.74) is 2.05. The average Bonchev–Trinajstić information content (AvgIpc) is 2.83. The summed E-state index contributed by atoms with van der Waals surface area (Å²) in [6.45, 7) is 2.86. The van der Waals surface area contributed by atoms with Crippen molar-refractivity contribution in [2.24, 2.45) is 5.84 Å². The van der Waals surface area contributed by atoms with Gasteiger partial charge in [0.05, 0.1) is 6.54 Å². The first-order chi connectivity index (χ1) is 8.62. The van der Waals surface area contributed by atoms with Crippen LogP contribution in [-0.2, 0) is 6.54 Å². The van der Waals surface area contributed by atoms with Gasteiger partial charge in [-0.15, -0.1) is 0 Å². The molecule has 0 aromatic carbocycles. The van der Waals surface area contributed by atoms with Gasteiger partial charge in [-0.2, -0.15) is 11.8 Å². The second kappa shape index (κ2) is 7.45. The molecular formula is C12H21N3O2S. The molecule has 0 spiro atoms. The van der Waals surface area contributed by atoms with E-state index in [4.69, 9.17) is 10.3 Å². The molecule has 1 aromatic heterocycles. The van der Waals surface area contributed by atoms with Crippen LogP contribution in [0.4, 0.5) is 0 Å². The van der Waals surface area contributed by atoms with Gasteiger partial charge < -0.3 is 4.42 Å². The predicted molar refractivity (Wildman–Crippen MR) is 74.3 cm³/mol.